The highest BCUT2D eigenvalue weighted by Crippen LogP contribution is 2.49. The molecule has 0 bridgehead atoms. The van der Waals surface area contributed by atoms with Crippen LogP contribution in [0.3, 0.4) is 0 Å². The van der Waals surface area contributed by atoms with Gasteiger partial charge >= 0.3 is 6.03 Å². The molecule has 1 atom stereocenters. The number of benzene rings is 1. The molecule has 3 amide bonds. The summed E-state index contributed by atoms with van der Waals surface area (Å²) in [5.74, 6) is 0.250. The van der Waals surface area contributed by atoms with Gasteiger partial charge in [0.15, 0.2) is 5.76 Å². The largest absolute Gasteiger partial charge is 0.450 e. The van der Waals surface area contributed by atoms with Crippen molar-refractivity contribution in [1.82, 2.24) is 15.1 Å². The van der Waals surface area contributed by atoms with Crippen molar-refractivity contribution in [3.8, 4) is 0 Å². The molecule has 166 valence electrons. The van der Waals surface area contributed by atoms with Gasteiger partial charge in [0, 0.05) is 30.1 Å². The van der Waals surface area contributed by atoms with Crippen molar-refractivity contribution in [3.05, 3.63) is 28.5 Å². The molecule has 2 aromatic rings. The second-order valence-electron chi connectivity index (χ2n) is 9.37. The minimum absolute atomic E-state index is 0.0851. The highest BCUT2D eigenvalue weighted by molar-refractivity contribution is 6.35. The van der Waals surface area contributed by atoms with Crippen molar-refractivity contribution >= 4 is 40.2 Å². The molecule has 8 heteroatoms. The lowest BCUT2D eigenvalue weighted by atomic mass is 9.74. The maximum Gasteiger partial charge on any atom is 0.319 e. The molecule has 3 aliphatic rings. The van der Waals surface area contributed by atoms with E-state index in [0.717, 1.165) is 62.4 Å². The third-order valence-corrected chi connectivity index (χ3v) is 7.46. The van der Waals surface area contributed by atoms with E-state index in [4.69, 9.17) is 16.0 Å². The number of likely N-dealkylation sites (N-methyl/N-ethyl adjacent to an activating group) is 1. The Balaban J connectivity index is 1.57. The lowest BCUT2D eigenvalue weighted by Crippen LogP contribution is -2.52. The summed E-state index contributed by atoms with van der Waals surface area (Å²) in [7, 11) is 4.11. The Labute approximate surface area is 187 Å². The molecule has 2 aliphatic heterocycles. The van der Waals surface area contributed by atoms with Crippen molar-refractivity contribution < 1.29 is 14.0 Å². The van der Waals surface area contributed by atoms with Gasteiger partial charge in [-0.15, -0.1) is 0 Å². The van der Waals surface area contributed by atoms with Crippen LogP contribution >= 0.6 is 11.6 Å². The van der Waals surface area contributed by atoms with E-state index >= 15 is 0 Å². The molecule has 1 saturated heterocycles. The van der Waals surface area contributed by atoms with E-state index in [1.54, 1.807) is 12.1 Å². The van der Waals surface area contributed by atoms with Gasteiger partial charge in [0.25, 0.3) is 5.91 Å². The van der Waals surface area contributed by atoms with Crippen LogP contribution < -0.4 is 10.6 Å². The number of carbonyl (C=O) groups excluding carboxylic acids is 2. The van der Waals surface area contributed by atoms with E-state index in [1.165, 1.54) is 0 Å². The molecule has 1 unspecified atom stereocenters. The topological polar surface area (TPSA) is 77.8 Å². The normalized spacial score (nSPS) is 23.0. The van der Waals surface area contributed by atoms with Crippen LogP contribution in [0.25, 0.3) is 11.0 Å². The quantitative estimate of drug-likeness (QED) is 0.712. The minimum atomic E-state index is -0.502. The number of halogens is 1. The molecule has 1 aromatic carbocycles. The number of urea groups is 1. The molecule has 5 rings (SSSR count). The third kappa shape index (κ3) is 3.48. The Kier molecular flexibility index (Phi) is 5.13. The Morgan fingerprint density at radius 2 is 2.00 bits per heavy atom. The van der Waals surface area contributed by atoms with E-state index in [1.807, 2.05) is 4.90 Å². The first kappa shape index (κ1) is 20.6. The molecule has 1 aliphatic carbocycles. The molecule has 3 heterocycles. The van der Waals surface area contributed by atoms with Crippen molar-refractivity contribution in [1.29, 1.82) is 0 Å². The number of nitrogens with zero attached hydrogens (tertiary/aromatic N) is 2. The number of hydrogen-bond donors (Lipinski definition) is 2. The Morgan fingerprint density at radius 1 is 1.23 bits per heavy atom. The molecular weight excluding hydrogens is 416 g/mol. The van der Waals surface area contributed by atoms with Crippen LogP contribution in [-0.2, 0) is 5.54 Å². The molecule has 1 aromatic heterocycles. The predicted octanol–water partition coefficient (Wildman–Crippen LogP) is 4.55. The minimum Gasteiger partial charge on any atom is -0.450 e. The maximum absolute atomic E-state index is 13.3. The number of rotatable bonds is 2. The van der Waals surface area contributed by atoms with Gasteiger partial charge in [-0.05, 0) is 51.9 Å². The zero-order valence-electron chi connectivity index (χ0n) is 18.1. The van der Waals surface area contributed by atoms with E-state index in [0.29, 0.717) is 34.6 Å². The van der Waals surface area contributed by atoms with E-state index in [-0.39, 0.29) is 11.9 Å². The molecular formula is C23H29ClN4O3. The van der Waals surface area contributed by atoms with Gasteiger partial charge < -0.3 is 24.9 Å². The lowest BCUT2D eigenvalue weighted by Gasteiger charge is -2.42. The van der Waals surface area contributed by atoms with Gasteiger partial charge in [-0.25, -0.2) is 4.79 Å². The fourth-order valence-corrected chi connectivity index (χ4v) is 5.76. The van der Waals surface area contributed by atoms with Crippen molar-refractivity contribution in [2.45, 2.75) is 56.5 Å². The second-order valence-corrected chi connectivity index (χ2v) is 9.78. The van der Waals surface area contributed by atoms with Crippen LogP contribution in [-0.4, -0.2) is 55.0 Å². The number of carbonyl (C=O) groups is 2. The molecule has 2 fully saturated rings. The zero-order chi connectivity index (χ0) is 21.8. The molecule has 7 nitrogen and oxygen atoms in total. The number of anilines is 1. The Morgan fingerprint density at radius 3 is 2.74 bits per heavy atom. The highest BCUT2D eigenvalue weighted by Gasteiger charge is 2.44. The van der Waals surface area contributed by atoms with Gasteiger partial charge in [-0.1, -0.05) is 30.9 Å². The summed E-state index contributed by atoms with van der Waals surface area (Å²) in [6.07, 6.45) is 6.95. The summed E-state index contributed by atoms with van der Waals surface area (Å²) in [5.41, 5.74) is 1.65. The van der Waals surface area contributed by atoms with Crippen LogP contribution in [0.1, 0.15) is 61.1 Å². The van der Waals surface area contributed by atoms with Crippen LogP contribution in [0.15, 0.2) is 16.5 Å². The molecule has 2 N–H and O–H groups in total. The Hall–Kier alpha value is -2.25. The van der Waals surface area contributed by atoms with Crippen molar-refractivity contribution in [2.24, 2.45) is 0 Å². The SMILES string of the molecule is CN(C)C1CCCN(C(=O)c2cc3cc(Cl)c4c(c3o2)C2(CCCCC2)NC(=O)N4)C1. The van der Waals surface area contributed by atoms with Crippen molar-refractivity contribution in [2.75, 3.05) is 32.5 Å². The standard InChI is InChI=1S/C23H29ClN4O3/c1-27(2)15-7-6-10-28(13-15)21(29)17-12-14-11-16(24)19-18(20(14)31-17)23(26-22(30)25-19)8-4-3-5-9-23/h11-12,15H,3-10,13H2,1-2H3,(H2,25,26,30). The average molecular weight is 445 g/mol. The number of amides is 3. The maximum atomic E-state index is 13.3. The average Bonchev–Trinajstić information content (AvgIpc) is 3.17. The van der Waals surface area contributed by atoms with Crippen molar-refractivity contribution in [3.63, 3.8) is 0 Å². The van der Waals surface area contributed by atoms with Gasteiger partial charge in [-0.3, -0.25) is 4.79 Å². The monoisotopic (exact) mass is 444 g/mol. The number of piperidine rings is 1. The number of fused-ring (bicyclic) bond motifs is 4. The first-order chi connectivity index (χ1) is 14.9. The summed E-state index contributed by atoms with van der Waals surface area (Å²) >= 11 is 6.60. The van der Waals surface area contributed by atoms with Crippen LogP contribution in [0, 0.1) is 0 Å². The van der Waals surface area contributed by atoms with Crippen LogP contribution in [0.4, 0.5) is 10.5 Å². The molecule has 1 spiro atoms. The van der Waals surface area contributed by atoms with Gasteiger partial charge in [-0.2, -0.15) is 0 Å². The fourth-order valence-electron chi connectivity index (χ4n) is 5.51. The number of furan rings is 1. The smallest absolute Gasteiger partial charge is 0.319 e. The number of nitrogens with one attached hydrogen (secondary N) is 2. The Bertz CT molecular complexity index is 1040. The van der Waals surface area contributed by atoms with Gasteiger partial charge in [0.05, 0.1) is 16.2 Å². The summed E-state index contributed by atoms with van der Waals surface area (Å²) in [6, 6.07) is 3.71. The van der Waals surface area contributed by atoms with E-state index < -0.39 is 5.54 Å². The highest BCUT2D eigenvalue weighted by atomic mass is 35.5. The van der Waals surface area contributed by atoms with Gasteiger partial charge in [0.1, 0.15) is 5.58 Å². The summed E-state index contributed by atoms with van der Waals surface area (Å²) in [4.78, 5) is 29.8. The third-order valence-electron chi connectivity index (χ3n) is 7.16. The van der Waals surface area contributed by atoms with E-state index in [2.05, 4.69) is 29.6 Å². The van der Waals surface area contributed by atoms with E-state index in [9.17, 15) is 9.59 Å². The fraction of sp³-hybridized carbons (Fsp3) is 0.565. The van der Waals surface area contributed by atoms with Gasteiger partial charge in [0.2, 0.25) is 0 Å². The first-order valence-electron chi connectivity index (χ1n) is 11.2. The van der Waals surface area contributed by atoms with Crippen LogP contribution in [0.5, 0.6) is 0 Å². The number of likely N-dealkylation sites (tertiary alicyclic amines) is 1. The summed E-state index contributed by atoms with van der Waals surface area (Å²) in [6.45, 7) is 1.43. The summed E-state index contributed by atoms with van der Waals surface area (Å²) < 4.78 is 6.24. The molecule has 0 radical (unpaired) electrons. The molecule has 1 saturated carbocycles. The first-order valence-corrected chi connectivity index (χ1v) is 11.6. The number of hydrogen-bond acceptors (Lipinski definition) is 4. The second kappa shape index (κ2) is 7.71. The zero-order valence-corrected chi connectivity index (χ0v) is 18.8. The van der Waals surface area contributed by atoms with Crippen LogP contribution in [0.2, 0.25) is 5.02 Å². The lowest BCUT2D eigenvalue weighted by molar-refractivity contribution is 0.0606. The predicted molar refractivity (Wildman–Crippen MR) is 121 cm³/mol. The molecule has 31 heavy (non-hydrogen) atoms. The summed E-state index contributed by atoms with van der Waals surface area (Å²) in [5, 5.41) is 7.31.